The van der Waals surface area contributed by atoms with Gasteiger partial charge in [0.05, 0.1) is 19.8 Å². The van der Waals surface area contributed by atoms with Crippen molar-refractivity contribution in [1.82, 2.24) is 0 Å². The SMILES string of the molecule is BrC(Br)(Br)COB(OCC(Br)(Br)Br)OCC(Br)(Br)Br. The first-order valence-electron chi connectivity index (χ1n) is 4.33. The van der Waals surface area contributed by atoms with Gasteiger partial charge in [-0.3, -0.25) is 0 Å². The first-order valence-corrected chi connectivity index (χ1v) is 11.5. The Labute approximate surface area is 188 Å². The van der Waals surface area contributed by atoms with Crippen molar-refractivity contribution in [2.24, 2.45) is 0 Å². The molecule has 0 heterocycles. The van der Waals surface area contributed by atoms with Crippen LogP contribution in [-0.4, -0.2) is 33.6 Å². The van der Waals surface area contributed by atoms with Crippen LogP contribution in [0, 0.1) is 0 Å². The number of alkyl halides is 9. The molecule has 3 nitrogen and oxygen atoms in total. The van der Waals surface area contributed by atoms with Gasteiger partial charge in [-0.1, -0.05) is 143 Å². The van der Waals surface area contributed by atoms with E-state index >= 15 is 0 Å². The van der Waals surface area contributed by atoms with Crippen molar-refractivity contribution in [1.29, 1.82) is 0 Å². The third-order valence-electron chi connectivity index (χ3n) is 1.15. The van der Waals surface area contributed by atoms with E-state index < -0.39 is 13.7 Å². The van der Waals surface area contributed by atoms with Gasteiger partial charge in [0.1, 0.15) is 0 Å². The van der Waals surface area contributed by atoms with E-state index in [2.05, 4.69) is 143 Å². The molecule has 0 aliphatic heterocycles. The van der Waals surface area contributed by atoms with Gasteiger partial charge in [0, 0.05) is 0 Å². The average molecular weight is 856 g/mol. The highest BCUT2D eigenvalue weighted by atomic mass is 80.0. The van der Waals surface area contributed by atoms with Crippen LogP contribution in [0.1, 0.15) is 0 Å². The fourth-order valence-electron chi connectivity index (χ4n) is 0.632. The third kappa shape index (κ3) is 18.4. The smallest absolute Gasteiger partial charge is 0.383 e. The number of hydrogen-bond donors (Lipinski definition) is 0. The highest BCUT2D eigenvalue weighted by Gasteiger charge is 2.32. The fraction of sp³-hybridized carbons (Fsp3) is 1.00. The zero-order chi connectivity index (χ0) is 15.3. The van der Waals surface area contributed by atoms with Crippen LogP contribution in [0.5, 0.6) is 0 Å². The van der Waals surface area contributed by atoms with Gasteiger partial charge in [-0.15, -0.1) is 0 Å². The van der Waals surface area contributed by atoms with Crippen molar-refractivity contribution in [2.45, 2.75) is 6.43 Å². The topological polar surface area (TPSA) is 27.7 Å². The second kappa shape index (κ2) is 10.3. The first kappa shape index (κ1) is 23.3. The summed E-state index contributed by atoms with van der Waals surface area (Å²) in [4.78, 5) is 0. The van der Waals surface area contributed by atoms with Gasteiger partial charge in [0.2, 0.25) is 0 Å². The van der Waals surface area contributed by atoms with E-state index in [1.165, 1.54) is 0 Å². The molecule has 0 aromatic carbocycles. The minimum Gasteiger partial charge on any atom is -0.383 e. The molecule has 0 atom stereocenters. The quantitative estimate of drug-likeness (QED) is 0.225. The minimum atomic E-state index is -0.842. The van der Waals surface area contributed by atoms with Gasteiger partial charge in [-0.05, 0) is 0 Å². The molecule has 0 aromatic heterocycles. The Bertz CT molecular complexity index is 217. The fourth-order valence-corrected chi connectivity index (χ4v) is 1.82. The molecule has 0 aliphatic carbocycles. The molecule has 0 aliphatic rings. The molecule has 0 rings (SSSR count). The van der Waals surface area contributed by atoms with Crippen LogP contribution >= 0.6 is 143 Å². The van der Waals surface area contributed by atoms with Gasteiger partial charge in [-0.2, -0.15) is 0 Å². The zero-order valence-electron chi connectivity index (χ0n) is 8.83. The number of halogens is 9. The van der Waals surface area contributed by atoms with Gasteiger partial charge in [0.15, 0.2) is 6.43 Å². The molecule has 0 bridgehead atoms. The summed E-state index contributed by atoms with van der Waals surface area (Å²) in [7, 11) is -0.842. The summed E-state index contributed by atoms with van der Waals surface area (Å²) in [6.07, 6.45) is 0. The summed E-state index contributed by atoms with van der Waals surface area (Å²) in [6, 6.07) is 0. The van der Waals surface area contributed by atoms with Crippen molar-refractivity contribution < 1.29 is 14.0 Å². The molecular weight excluding hydrogens is 850 g/mol. The van der Waals surface area contributed by atoms with Crippen LogP contribution in [0.25, 0.3) is 0 Å². The molecular formula is C6H6BBr9O3. The molecule has 19 heavy (non-hydrogen) atoms. The molecule has 0 aromatic rings. The van der Waals surface area contributed by atoms with Crippen molar-refractivity contribution in [3.63, 3.8) is 0 Å². The minimum absolute atomic E-state index is 0.275. The molecule has 114 valence electrons. The maximum atomic E-state index is 5.49. The van der Waals surface area contributed by atoms with Crippen LogP contribution in [0.3, 0.4) is 0 Å². The highest BCUT2D eigenvalue weighted by Crippen LogP contribution is 2.36. The molecule has 0 spiro atoms. The van der Waals surface area contributed by atoms with Gasteiger partial charge >= 0.3 is 7.32 Å². The Balaban J connectivity index is 4.30. The molecule has 0 amide bonds. The molecule has 0 saturated carbocycles. The lowest BCUT2D eigenvalue weighted by molar-refractivity contribution is 0.104. The summed E-state index contributed by atoms with van der Waals surface area (Å²) in [6.45, 7) is 0.826. The second-order valence-electron chi connectivity index (χ2n) is 3.07. The maximum Gasteiger partial charge on any atom is 0.639 e. The van der Waals surface area contributed by atoms with Crippen molar-refractivity contribution in [3.8, 4) is 0 Å². The zero-order valence-corrected chi connectivity index (χ0v) is 23.1. The standard InChI is InChI=1S/C6H6BBr9O3/c8-4(9,10)1-17-7(18-2-5(11,12)13)19-3-6(14,15)16/h1-3H2. The highest BCUT2D eigenvalue weighted by molar-refractivity contribution is 9.40. The number of rotatable bonds is 6. The maximum absolute atomic E-state index is 5.49. The lowest BCUT2D eigenvalue weighted by Crippen LogP contribution is -2.35. The molecule has 0 radical (unpaired) electrons. The van der Waals surface area contributed by atoms with E-state index in [-0.39, 0.29) is 19.8 Å². The van der Waals surface area contributed by atoms with Gasteiger partial charge in [0.25, 0.3) is 0 Å². The van der Waals surface area contributed by atoms with Gasteiger partial charge in [-0.25, -0.2) is 0 Å². The number of hydrogen-bond acceptors (Lipinski definition) is 3. The predicted octanol–water partition coefficient (Wildman–Crippen LogP) is 6.54. The summed E-state index contributed by atoms with van der Waals surface area (Å²) >= 11 is 30.0. The third-order valence-corrected chi connectivity index (χ3v) is 3.21. The van der Waals surface area contributed by atoms with E-state index in [4.69, 9.17) is 14.0 Å². The predicted molar refractivity (Wildman–Crippen MR) is 112 cm³/mol. The van der Waals surface area contributed by atoms with Crippen LogP contribution in [0.2, 0.25) is 0 Å². The van der Waals surface area contributed by atoms with E-state index in [0.29, 0.717) is 0 Å². The monoisotopic (exact) mass is 847 g/mol. The Kier molecular flexibility index (Phi) is 12.6. The van der Waals surface area contributed by atoms with Crippen LogP contribution < -0.4 is 0 Å². The molecule has 0 unspecified atom stereocenters. The van der Waals surface area contributed by atoms with Crippen molar-refractivity contribution in [2.75, 3.05) is 19.8 Å². The Morgan fingerprint density at radius 1 is 0.526 bits per heavy atom. The van der Waals surface area contributed by atoms with Crippen molar-refractivity contribution in [3.05, 3.63) is 0 Å². The Morgan fingerprint density at radius 2 is 0.737 bits per heavy atom. The Hall–Kier alpha value is 4.26. The van der Waals surface area contributed by atoms with Crippen LogP contribution in [0.15, 0.2) is 0 Å². The average Bonchev–Trinajstić information content (AvgIpc) is 2.11. The van der Waals surface area contributed by atoms with E-state index in [1.54, 1.807) is 0 Å². The van der Waals surface area contributed by atoms with E-state index in [9.17, 15) is 0 Å². The first-order chi connectivity index (χ1) is 8.29. The second-order valence-corrected chi connectivity index (χ2v) is 24.8. The summed E-state index contributed by atoms with van der Waals surface area (Å²) in [5.41, 5.74) is 0. The molecule has 13 heteroatoms. The molecule has 0 N–H and O–H groups in total. The van der Waals surface area contributed by atoms with Crippen molar-refractivity contribution >= 4 is 151 Å². The van der Waals surface area contributed by atoms with Gasteiger partial charge < -0.3 is 14.0 Å². The van der Waals surface area contributed by atoms with E-state index in [1.807, 2.05) is 0 Å². The lowest BCUT2D eigenvalue weighted by Gasteiger charge is -2.22. The van der Waals surface area contributed by atoms with E-state index in [0.717, 1.165) is 0 Å². The summed E-state index contributed by atoms with van der Waals surface area (Å²) in [5, 5.41) is 0. The summed E-state index contributed by atoms with van der Waals surface area (Å²) < 4.78 is 14.9. The Morgan fingerprint density at radius 3 is 0.895 bits per heavy atom. The normalized spacial score (nSPS) is 13.7. The van der Waals surface area contributed by atoms with Crippen LogP contribution in [0.4, 0.5) is 0 Å². The largest absolute Gasteiger partial charge is 0.639 e. The molecule has 0 fully saturated rings. The summed E-state index contributed by atoms with van der Waals surface area (Å²) in [5.74, 6) is 0. The molecule has 0 saturated heterocycles. The van der Waals surface area contributed by atoms with Crippen LogP contribution in [-0.2, 0) is 14.0 Å². The lowest BCUT2D eigenvalue weighted by atomic mass is 10.2.